The van der Waals surface area contributed by atoms with E-state index in [9.17, 15) is 4.79 Å². The molecule has 1 aliphatic rings. The van der Waals surface area contributed by atoms with Crippen LogP contribution < -0.4 is 0 Å². The van der Waals surface area contributed by atoms with Gasteiger partial charge in [-0.25, -0.2) is 0 Å². The second kappa shape index (κ2) is 3.43. The van der Waals surface area contributed by atoms with Gasteiger partial charge in [-0.3, -0.25) is 4.79 Å². The van der Waals surface area contributed by atoms with E-state index in [0.717, 1.165) is 0 Å². The highest BCUT2D eigenvalue weighted by Crippen LogP contribution is 2.15. The quantitative estimate of drug-likeness (QED) is 0.403. The molecule has 1 fully saturated rings. The van der Waals surface area contributed by atoms with Crippen molar-refractivity contribution in [3.8, 4) is 0 Å². The third-order valence-electron chi connectivity index (χ3n) is 2.10. The van der Waals surface area contributed by atoms with Gasteiger partial charge in [-0.15, -0.1) is 0 Å². The van der Waals surface area contributed by atoms with Crippen LogP contribution in [0.4, 0.5) is 0 Å². The Hall–Kier alpha value is -1.94. The lowest BCUT2D eigenvalue weighted by molar-refractivity contribution is 0.0576. The monoisotopic (exact) mass is 192 g/mol. The third kappa shape index (κ3) is 1.43. The molecule has 14 heavy (non-hydrogen) atoms. The Morgan fingerprint density at radius 3 is 3.07 bits per heavy atom. The Kier molecular flexibility index (Phi) is 2.12. The number of carbonyl (C=O) groups excluding carboxylic acids is 1. The highest BCUT2D eigenvalue weighted by molar-refractivity contribution is 5.92. The van der Waals surface area contributed by atoms with Crippen molar-refractivity contribution in [3.63, 3.8) is 0 Å². The third-order valence-corrected chi connectivity index (χ3v) is 2.10. The summed E-state index contributed by atoms with van der Waals surface area (Å²) in [5.41, 5.74) is 8.15. The second-order valence-corrected chi connectivity index (χ2v) is 3.05. The molecule has 1 aromatic rings. The fraction of sp³-hybridized carbons (Fsp3) is 0.375. The molecule has 2 rings (SSSR count). The number of furan rings is 1. The molecule has 6 nitrogen and oxygen atoms in total. The van der Waals surface area contributed by atoms with Gasteiger partial charge >= 0.3 is 0 Å². The lowest BCUT2D eigenvalue weighted by Crippen LogP contribution is -2.52. The van der Waals surface area contributed by atoms with Crippen LogP contribution in [0.25, 0.3) is 10.4 Å². The van der Waals surface area contributed by atoms with E-state index in [0.29, 0.717) is 18.8 Å². The summed E-state index contributed by atoms with van der Waals surface area (Å²) in [6, 6.07) is 3.19. The van der Waals surface area contributed by atoms with Crippen LogP contribution in [0.1, 0.15) is 10.6 Å². The van der Waals surface area contributed by atoms with Crippen LogP contribution in [0.3, 0.4) is 0 Å². The number of nitrogens with zero attached hydrogens (tertiary/aromatic N) is 4. The Morgan fingerprint density at radius 2 is 2.50 bits per heavy atom. The number of hydrogen-bond acceptors (Lipinski definition) is 3. The lowest BCUT2D eigenvalue weighted by atomic mass is 10.1. The summed E-state index contributed by atoms with van der Waals surface area (Å²) >= 11 is 0. The fourth-order valence-corrected chi connectivity index (χ4v) is 1.32. The first-order chi connectivity index (χ1) is 6.81. The Morgan fingerprint density at radius 1 is 1.71 bits per heavy atom. The van der Waals surface area contributed by atoms with Crippen LogP contribution in [-0.2, 0) is 0 Å². The summed E-state index contributed by atoms with van der Waals surface area (Å²) in [6.45, 7) is 0.952. The summed E-state index contributed by atoms with van der Waals surface area (Å²) in [4.78, 5) is 15.8. The van der Waals surface area contributed by atoms with Crippen LogP contribution in [-0.4, -0.2) is 29.9 Å². The van der Waals surface area contributed by atoms with Crippen LogP contribution in [0.5, 0.6) is 0 Å². The highest BCUT2D eigenvalue weighted by atomic mass is 16.3. The molecule has 0 aromatic carbocycles. The van der Waals surface area contributed by atoms with Crippen LogP contribution in [0.2, 0.25) is 0 Å². The molecule has 0 radical (unpaired) electrons. The van der Waals surface area contributed by atoms with E-state index < -0.39 is 0 Å². The van der Waals surface area contributed by atoms with Crippen molar-refractivity contribution in [1.82, 2.24) is 4.90 Å². The van der Waals surface area contributed by atoms with Gasteiger partial charge in [-0.05, 0) is 17.7 Å². The molecular weight excluding hydrogens is 184 g/mol. The number of azide groups is 1. The van der Waals surface area contributed by atoms with Crippen molar-refractivity contribution >= 4 is 5.91 Å². The molecule has 1 saturated heterocycles. The van der Waals surface area contributed by atoms with Gasteiger partial charge in [0.25, 0.3) is 5.91 Å². The van der Waals surface area contributed by atoms with Crippen molar-refractivity contribution in [1.29, 1.82) is 0 Å². The van der Waals surface area contributed by atoms with E-state index >= 15 is 0 Å². The van der Waals surface area contributed by atoms with Crippen LogP contribution in [0.15, 0.2) is 27.9 Å². The Bertz CT molecular complexity index is 374. The standard InChI is InChI=1S/C8H8N4O2/c9-11-10-6-4-12(5-6)8(13)7-2-1-3-14-7/h1-3,6H,4-5H2. The molecule has 2 heterocycles. The number of rotatable bonds is 2. The molecule has 0 N–H and O–H groups in total. The minimum absolute atomic E-state index is 0.0843. The normalized spacial score (nSPS) is 15.9. The summed E-state index contributed by atoms with van der Waals surface area (Å²) in [5.74, 6) is 0.170. The fourth-order valence-electron chi connectivity index (χ4n) is 1.32. The predicted molar refractivity (Wildman–Crippen MR) is 47.5 cm³/mol. The molecule has 0 bridgehead atoms. The van der Waals surface area contributed by atoms with Gasteiger partial charge in [-0.1, -0.05) is 5.11 Å². The second-order valence-electron chi connectivity index (χ2n) is 3.05. The van der Waals surface area contributed by atoms with Gasteiger partial charge in [0, 0.05) is 18.0 Å². The van der Waals surface area contributed by atoms with E-state index in [2.05, 4.69) is 10.0 Å². The first-order valence-electron chi connectivity index (χ1n) is 4.18. The SMILES string of the molecule is [N-]=[N+]=NC1CN(C(=O)c2ccco2)C1. The molecule has 0 unspecified atom stereocenters. The molecule has 0 aliphatic carbocycles. The Balaban J connectivity index is 1.94. The number of likely N-dealkylation sites (tertiary alicyclic amines) is 1. The van der Waals surface area contributed by atoms with E-state index in [1.807, 2.05) is 0 Å². The van der Waals surface area contributed by atoms with Crippen molar-refractivity contribution in [3.05, 3.63) is 34.6 Å². The van der Waals surface area contributed by atoms with Crippen LogP contribution >= 0.6 is 0 Å². The molecule has 1 amide bonds. The number of hydrogen-bond donors (Lipinski definition) is 0. The highest BCUT2D eigenvalue weighted by Gasteiger charge is 2.31. The molecule has 72 valence electrons. The topological polar surface area (TPSA) is 82.2 Å². The first kappa shape index (κ1) is 8.65. The van der Waals surface area contributed by atoms with E-state index in [-0.39, 0.29) is 11.9 Å². The molecule has 1 aromatic heterocycles. The summed E-state index contributed by atoms with van der Waals surface area (Å²) in [6.07, 6.45) is 1.46. The van der Waals surface area contributed by atoms with Gasteiger partial charge in [-0.2, -0.15) is 0 Å². The van der Waals surface area contributed by atoms with Gasteiger partial charge in [0.1, 0.15) is 0 Å². The van der Waals surface area contributed by atoms with Crippen molar-refractivity contribution < 1.29 is 9.21 Å². The van der Waals surface area contributed by atoms with Crippen molar-refractivity contribution in [2.45, 2.75) is 6.04 Å². The number of amides is 1. The van der Waals surface area contributed by atoms with E-state index in [1.165, 1.54) is 6.26 Å². The molecule has 6 heteroatoms. The van der Waals surface area contributed by atoms with Gasteiger partial charge in [0.05, 0.1) is 12.3 Å². The largest absolute Gasteiger partial charge is 0.459 e. The minimum Gasteiger partial charge on any atom is -0.459 e. The summed E-state index contributed by atoms with van der Waals surface area (Å²) in [7, 11) is 0. The summed E-state index contributed by atoms with van der Waals surface area (Å²) < 4.78 is 4.95. The zero-order valence-corrected chi connectivity index (χ0v) is 7.33. The maximum Gasteiger partial charge on any atom is 0.289 e. The maximum absolute atomic E-state index is 11.5. The first-order valence-corrected chi connectivity index (χ1v) is 4.18. The predicted octanol–water partition coefficient (Wildman–Crippen LogP) is 1.41. The van der Waals surface area contributed by atoms with Gasteiger partial charge in [0.15, 0.2) is 5.76 Å². The zero-order valence-electron chi connectivity index (χ0n) is 7.33. The molecule has 0 atom stereocenters. The summed E-state index contributed by atoms with van der Waals surface area (Å²) in [5, 5.41) is 3.50. The maximum atomic E-state index is 11.5. The molecule has 0 spiro atoms. The smallest absolute Gasteiger partial charge is 0.289 e. The van der Waals surface area contributed by atoms with Crippen molar-refractivity contribution in [2.75, 3.05) is 13.1 Å². The van der Waals surface area contributed by atoms with Gasteiger partial charge in [0.2, 0.25) is 0 Å². The van der Waals surface area contributed by atoms with Gasteiger partial charge < -0.3 is 9.32 Å². The molecule has 0 saturated carbocycles. The molecule has 1 aliphatic heterocycles. The average Bonchev–Trinajstić information content (AvgIpc) is 2.62. The number of carbonyl (C=O) groups is 1. The molecular formula is C8H8N4O2. The Labute approximate surface area is 79.7 Å². The average molecular weight is 192 g/mol. The lowest BCUT2D eigenvalue weighted by Gasteiger charge is -2.35. The van der Waals surface area contributed by atoms with E-state index in [1.54, 1.807) is 17.0 Å². The zero-order chi connectivity index (χ0) is 9.97. The minimum atomic E-state index is -0.153. The van der Waals surface area contributed by atoms with Crippen LogP contribution in [0, 0.1) is 0 Å². The van der Waals surface area contributed by atoms with Crippen molar-refractivity contribution in [2.24, 2.45) is 5.11 Å². The van der Waals surface area contributed by atoms with E-state index in [4.69, 9.17) is 9.95 Å².